The van der Waals surface area contributed by atoms with Gasteiger partial charge in [-0.2, -0.15) is 0 Å². The molecule has 1 N–H and O–H groups in total. The van der Waals surface area contributed by atoms with Gasteiger partial charge < -0.3 is 14.5 Å². The second kappa shape index (κ2) is 8.93. The molecular formula is C25H22N2O5. The van der Waals surface area contributed by atoms with Crippen LogP contribution in [0.5, 0.6) is 0 Å². The van der Waals surface area contributed by atoms with Crippen LogP contribution in [-0.4, -0.2) is 23.1 Å². The second-order valence-electron chi connectivity index (χ2n) is 7.38. The number of carbonyl (C=O) groups excluding carboxylic acids is 2. The minimum atomic E-state index is -0.486. The third-order valence-electron chi connectivity index (χ3n) is 5.02. The SMILES string of the molecule is CCOC(=O)c1cccc(NC(=O)c2ccc3oc(=O)n(Cc4ccc(C)cc4)c3c2)c1. The van der Waals surface area contributed by atoms with E-state index in [1.165, 1.54) is 4.57 Å². The first-order valence-electron chi connectivity index (χ1n) is 10.2. The van der Waals surface area contributed by atoms with Crippen molar-refractivity contribution in [3.05, 3.63) is 99.5 Å². The molecular weight excluding hydrogens is 408 g/mol. The van der Waals surface area contributed by atoms with Gasteiger partial charge in [-0.3, -0.25) is 9.36 Å². The molecule has 3 aromatic carbocycles. The Hall–Kier alpha value is -4.13. The molecule has 32 heavy (non-hydrogen) atoms. The highest BCUT2D eigenvalue weighted by molar-refractivity contribution is 6.06. The van der Waals surface area contributed by atoms with E-state index in [9.17, 15) is 14.4 Å². The Bertz CT molecular complexity index is 1350. The largest absolute Gasteiger partial charge is 0.462 e. The smallest absolute Gasteiger partial charge is 0.420 e. The summed E-state index contributed by atoms with van der Waals surface area (Å²) in [6, 6.07) is 19.2. The van der Waals surface area contributed by atoms with Crippen LogP contribution in [0.1, 0.15) is 38.8 Å². The topological polar surface area (TPSA) is 90.5 Å². The van der Waals surface area contributed by atoms with Gasteiger partial charge in [-0.05, 0) is 55.8 Å². The maximum absolute atomic E-state index is 12.8. The molecule has 1 amide bonds. The van der Waals surface area contributed by atoms with Crippen LogP contribution >= 0.6 is 0 Å². The average molecular weight is 430 g/mol. The number of aromatic nitrogens is 1. The molecule has 1 aromatic heterocycles. The first-order valence-corrected chi connectivity index (χ1v) is 10.2. The summed E-state index contributed by atoms with van der Waals surface area (Å²) in [5.41, 5.74) is 4.19. The minimum absolute atomic E-state index is 0.268. The van der Waals surface area contributed by atoms with Crippen LogP contribution in [0, 0.1) is 6.92 Å². The number of ether oxygens (including phenoxy) is 1. The minimum Gasteiger partial charge on any atom is -0.462 e. The van der Waals surface area contributed by atoms with Gasteiger partial charge in [0, 0.05) is 11.3 Å². The van der Waals surface area contributed by atoms with Gasteiger partial charge in [0.2, 0.25) is 0 Å². The Morgan fingerprint density at radius 3 is 2.53 bits per heavy atom. The second-order valence-corrected chi connectivity index (χ2v) is 7.38. The van der Waals surface area contributed by atoms with Crippen molar-refractivity contribution in [3.8, 4) is 0 Å². The van der Waals surface area contributed by atoms with Gasteiger partial charge in [0.1, 0.15) is 0 Å². The van der Waals surface area contributed by atoms with Gasteiger partial charge in [-0.15, -0.1) is 0 Å². The van der Waals surface area contributed by atoms with Crippen molar-refractivity contribution < 1.29 is 18.7 Å². The Morgan fingerprint density at radius 2 is 1.78 bits per heavy atom. The van der Waals surface area contributed by atoms with Crippen molar-refractivity contribution in [2.45, 2.75) is 20.4 Å². The number of nitrogens with one attached hydrogen (secondary N) is 1. The van der Waals surface area contributed by atoms with Gasteiger partial charge in [0.05, 0.1) is 24.2 Å². The number of carbonyl (C=O) groups is 2. The number of oxazole rings is 1. The molecule has 0 aliphatic carbocycles. The highest BCUT2D eigenvalue weighted by Crippen LogP contribution is 2.19. The Kier molecular flexibility index (Phi) is 5.89. The van der Waals surface area contributed by atoms with E-state index >= 15 is 0 Å². The van der Waals surface area contributed by atoms with Crippen LogP contribution in [0.4, 0.5) is 5.69 Å². The highest BCUT2D eigenvalue weighted by atomic mass is 16.5. The predicted molar refractivity (Wildman–Crippen MR) is 121 cm³/mol. The fourth-order valence-electron chi connectivity index (χ4n) is 3.37. The Morgan fingerprint density at radius 1 is 1.00 bits per heavy atom. The maximum atomic E-state index is 12.8. The molecule has 4 aromatic rings. The molecule has 0 unspecified atom stereocenters. The third kappa shape index (κ3) is 4.46. The fraction of sp³-hybridized carbons (Fsp3) is 0.160. The van der Waals surface area contributed by atoms with Gasteiger partial charge in [-0.25, -0.2) is 9.59 Å². The number of amides is 1. The summed E-state index contributed by atoms with van der Waals surface area (Å²) < 4.78 is 11.8. The summed E-state index contributed by atoms with van der Waals surface area (Å²) in [6.45, 7) is 4.33. The van der Waals surface area contributed by atoms with E-state index < -0.39 is 11.7 Å². The molecule has 162 valence electrons. The van der Waals surface area contributed by atoms with Crippen LogP contribution < -0.4 is 11.1 Å². The van der Waals surface area contributed by atoms with Gasteiger partial charge in [0.25, 0.3) is 5.91 Å². The molecule has 0 aliphatic heterocycles. The molecule has 0 bridgehead atoms. The fourth-order valence-corrected chi connectivity index (χ4v) is 3.37. The van der Waals surface area contributed by atoms with Crippen molar-refractivity contribution in [2.24, 2.45) is 0 Å². The summed E-state index contributed by atoms with van der Waals surface area (Å²) >= 11 is 0. The number of esters is 1. The molecule has 0 spiro atoms. The molecule has 0 saturated carbocycles. The molecule has 1 heterocycles. The normalized spacial score (nSPS) is 10.8. The van der Waals surface area contributed by atoms with Crippen molar-refractivity contribution >= 4 is 28.7 Å². The Labute approximate surface area is 184 Å². The zero-order chi connectivity index (χ0) is 22.7. The number of anilines is 1. The molecule has 0 atom stereocenters. The van der Waals surface area contributed by atoms with E-state index in [1.807, 2.05) is 31.2 Å². The van der Waals surface area contributed by atoms with E-state index in [4.69, 9.17) is 9.15 Å². The maximum Gasteiger partial charge on any atom is 0.420 e. The number of nitrogens with zero attached hydrogens (tertiary/aromatic N) is 1. The lowest BCUT2D eigenvalue weighted by atomic mass is 10.1. The van der Waals surface area contributed by atoms with Crippen molar-refractivity contribution in [3.63, 3.8) is 0 Å². The number of rotatable bonds is 6. The van der Waals surface area contributed by atoms with Crippen LogP contribution in [0.15, 0.2) is 75.9 Å². The monoisotopic (exact) mass is 430 g/mol. The molecule has 0 aliphatic rings. The molecule has 0 radical (unpaired) electrons. The summed E-state index contributed by atoms with van der Waals surface area (Å²) in [5, 5.41) is 2.78. The van der Waals surface area contributed by atoms with Crippen LogP contribution in [0.3, 0.4) is 0 Å². The molecule has 0 saturated heterocycles. The lowest BCUT2D eigenvalue weighted by Gasteiger charge is -2.08. The van der Waals surface area contributed by atoms with E-state index in [0.29, 0.717) is 34.5 Å². The van der Waals surface area contributed by atoms with E-state index in [-0.39, 0.29) is 12.5 Å². The van der Waals surface area contributed by atoms with E-state index in [0.717, 1.165) is 11.1 Å². The molecule has 7 nitrogen and oxygen atoms in total. The quantitative estimate of drug-likeness (QED) is 0.459. The average Bonchev–Trinajstić information content (AvgIpc) is 3.10. The summed E-state index contributed by atoms with van der Waals surface area (Å²) in [5.74, 6) is -1.31. The van der Waals surface area contributed by atoms with Crippen molar-refractivity contribution in [1.82, 2.24) is 4.57 Å². The van der Waals surface area contributed by atoms with Crippen molar-refractivity contribution in [1.29, 1.82) is 0 Å². The molecule has 4 rings (SSSR count). The predicted octanol–water partition coefficient (Wildman–Crippen LogP) is 4.38. The van der Waals surface area contributed by atoms with Crippen LogP contribution in [0.2, 0.25) is 0 Å². The Balaban J connectivity index is 1.60. The van der Waals surface area contributed by atoms with Crippen LogP contribution in [0.25, 0.3) is 11.1 Å². The molecule has 7 heteroatoms. The lowest BCUT2D eigenvalue weighted by Crippen LogP contribution is -2.16. The summed E-state index contributed by atoms with van der Waals surface area (Å²) in [4.78, 5) is 37.2. The lowest BCUT2D eigenvalue weighted by molar-refractivity contribution is 0.0526. The number of hydrogen-bond acceptors (Lipinski definition) is 5. The number of aryl methyl sites for hydroxylation is 1. The standard InChI is InChI=1S/C25H22N2O5/c1-3-31-24(29)19-5-4-6-20(13-19)26-23(28)18-11-12-22-21(14-18)27(25(30)32-22)15-17-9-7-16(2)8-10-17/h4-14H,3,15H2,1-2H3,(H,26,28). The van der Waals surface area contributed by atoms with Crippen LogP contribution in [-0.2, 0) is 11.3 Å². The highest BCUT2D eigenvalue weighted by Gasteiger charge is 2.15. The zero-order valence-corrected chi connectivity index (χ0v) is 17.8. The third-order valence-corrected chi connectivity index (χ3v) is 5.02. The number of hydrogen-bond donors (Lipinski definition) is 1. The number of fused-ring (bicyclic) bond motifs is 1. The van der Waals surface area contributed by atoms with E-state index in [1.54, 1.807) is 49.4 Å². The summed E-state index contributed by atoms with van der Waals surface area (Å²) in [6.07, 6.45) is 0. The number of benzene rings is 3. The van der Waals surface area contributed by atoms with Gasteiger partial charge in [0.15, 0.2) is 5.58 Å². The van der Waals surface area contributed by atoms with Gasteiger partial charge >= 0.3 is 11.7 Å². The first kappa shape index (κ1) is 21.1. The summed E-state index contributed by atoms with van der Waals surface area (Å²) in [7, 11) is 0. The van der Waals surface area contributed by atoms with E-state index in [2.05, 4.69) is 5.32 Å². The van der Waals surface area contributed by atoms with Crippen molar-refractivity contribution in [2.75, 3.05) is 11.9 Å². The van der Waals surface area contributed by atoms with Gasteiger partial charge in [-0.1, -0.05) is 35.9 Å². The first-order chi connectivity index (χ1) is 15.4. The molecule has 0 fully saturated rings. The zero-order valence-electron chi connectivity index (χ0n) is 17.8.